The smallest absolute Gasteiger partial charge is 0.256 e. The minimum Gasteiger partial charge on any atom is -0.354 e. The molecule has 1 saturated heterocycles. The van der Waals surface area contributed by atoms with Crippen LogP contribution in [0.4, 0.5) is 0 Å². The first-order valence-corrected chi connectivity index (χ1v) is 14.9. The zero-order valence-corrected chi connectivity index (χ0v) is 24.2. The highest BCUT2D eigenvalue weighted by atomic mass is 16.2. The van der Waals surface area contributed by atoms with Crippen LogP contribution >= 0.6 is 0 Å². The molecule has 1 N–H and O–H groups in total. The van der Waals surface area contributed by atoms with Crippen LogP contribution in [0.2, 0.25) is 0 Å². The van der Waals surface area contributed by atoms with Crippen molar-refractivity contribution in [1.82, 2.24) is 15.2 Å². The Morgan fingerprint density at radius 3 is 2.15 bits per heavy atom. The average molecular weight is 546 g/mol. The fraction of sp³-hybridized carbons (Fsp3) is 0.471. The fourth-order valence-corrected chi connectivity index (χ4v) is 4.46. The number of Topliss-reactive ketones (excluding diaryl/α,β-unsaturated/α-hetero) is 1. The first-order valence-electron chi connectivity index (χ1n) is 14.9. The third kappa shape index (κ3) is 14.0. The third-order valence-corrected chi connectivity index (χ3v) is 6.64. The van der Waals surface area contributed by atoms with Crippen LogP contribution in [0.25, 0.3) is 0 Å². The van der Waals surface area contributed by atoms with Crippen LogP contribution < -0.4 is 5.32 Å². The number of pyridine rings is 1. The summed E-state index contributed by atoms with van der Waals surface area (Å²) in [5.41, 5.74) is 0.498. The molecule has 1 aliphatic rings. The highest BCUT2D eigenvalue weighted by Crippen LogP contribution is 2.20. The van der Waals surface area contributed by atoms with Gasteiger partial charge in [0.15, 0.2) is 0 Å². The number of ketones is 1. The Labute approximate surface area is 241 Å². The predicted octanol–water partition coefficient (Wildman–Crippen LogP) is 7.07. The van der Waals surface area contributed by atoms with Crippen LogP contribution in [0, 0.1) is 0 Å². The van der Waals surface area contributed by atoms with Gasteiger partial charge in [0, 0.05) is 38.3 Å². The lowest BCUT2D eigenvalue weighted by Crippen LogP contribution is -2.46. The molecule has 2 rings (SSSR count). The number of amides is 2. The first kappa shape index (κ1) is 32.7. The molecule has 1 fully saturated rings. The van der Waals surface area contributed by atoms with E-state index in [0.717, 1.165) is 51.4 Å². The second kappa shape index (κ2) is 21.3. The van der Waals surface area contributed by atoms with Gasteiger partial charge in [0.05, 0.1) is 5.56 Å². The van der Waals surface area contributed by atoms with Crippen molar-refractivity contribution < 1.29 is 14.4 Å². The Bertz CT molecular complexity index is 1020. The van der Waals surface area contributed by atoms with E-state index in [0.29, 0.717) is 44.3 Å². The van der Waals surface area contributed by atoms with E-state index < -0.39 is 6.04 Å². The number of unbranched alkanes of at least 4 members (excludes halogenated alkanes) is 1. The molecule has 2 amide bonds. The van der Waals surface area contributed by atoms with Crippen LogP contribution in [-0.2, 0) is 9.59 Å². The van der Waals surface area contributed by atoms with E-state index >= 15 is 0 Å². The van der Waals surface area contributed by atoms with Crippen LogP contribution in [-0.4, -0.2) is 46.6 Å². The minimum atomic E-state index is -0.452. The fourth-order valence-electron chi connectivity index (χ4n) is 4.46. The molecule has 6 nitrogen and oxygen atoms in total. The summed E-state index contributed by atoms with van der Waals surface area (Å²) in [6.07, 6.45) is 34.8. The molecule has 1 aromatic rings. The Morgan fingerprint density at radius 1 is 0.900 bits per heavy atom. The van der Waals surface area contributed by atoms with Crippen molar-refractivity contribution in [2.24, 2.45) is 0 Å². The number of aromatic nitrogens is 1. The van der Waals surface area contributed by atoms with Gasteiger partial charge in [0.25, 0.3) is 5.91 Å². The third-order valence-electron chi connectivity index (χ3n) is 6.64. The van der Waals surface area contributed by atoms with Crippen LogP contribution in [0.1, 0.15) is 94.3 Å². The summed E-state index contributed by atoms with van der Waals surface area (Å²) in [4.78, 5) is 43.2. The van der Waals surface area contributed by atoms with Gasteiger partial charge >= 0.3 is 0 Å². The van der Waals surface area contributed by atoms with Crippen molar-refractivity contribution in [1.29, 1.82) is 0 Å². The van der Waals surface area contributed by atoms with Gasteiger partial charge in [-0.1, -0.05) is 67.7 Å². The molecule has 0 saturated carbocycles. The molecule has 0 unspecified atom stereocenters. The van der Waals surface area contributed by atoms with Gasteiger partial charge < -0.3 is 10.2 Å². The number of carbonyl (C=O) groups is 3. The molecule has 1 atom stereocenters. The summed E-state index contributed by atoms with van der Waals surface area (Å²) in [6.45, 7) is 3.17. The number of hydrogen-bond acceptors (Lipinski definition) is 4. The van der Waals surface area contributed by atoms with E-state index in [1.54, 1.807) is 23.2 Å². The second-order valence-corrected chi connectivity index (χ2v) is 9.93. The number of nitrogens with one attached hydrogen (secondary N) is 1. The number of hydrogen-bond donors (Lipinski definition) is 1. The largest absolute Gasteiger partial charge is 0.354 e. The Hall–Kier alpha value is -3.54. The van der Waals surface area contributed by atoms with Crippen molar-refractivity contribution in [2.45, 2.75) is 90.0 Å². The monoisotopic (exact) mass is 545 g/mol. The Morgan fingerprint density at radius 2 is 1.52 bits per heavy atom. The van der Waals surface area contributed by atoms with Gasteiger partial charge in [-0.2, -0.15) is 0 Å². The van der Waals surface area contributed by atoms with Gasteiger partial charge in [-0.05, 0) is 76.3 Å². The quantitative estimate of drug-likeness (QED) is 0.149. The normalized spacial score (nSPS) is 15.9. The van der Waals surface area contributed by atoms with Crippen molar-refractivity contribution in [3.8, 4) is 0 Å². The van der Waals surface area contributed by atoms with Crippen molar-refractivity contribution >= 4 is 17.6 Å². The van der Waals surface area contributed by atoms with Gasteiger partial charge in [0.1, 0.15) is 11.8 Å². The molecule has 0 aliphatic carbocycles. The van der Waals surface area contributed by atoms with E-state index in [1.807, 2.05) is 0 Å². The number of nitrogens with zero attached hydrogens (tertiary/aromatic N) is 2. The molecule has 216 valence electrons. The minimum absolute atomic E-state index is 0.138. The van der Waals surface area contributed by atoms with Gasteiger partial charge in [0.2, 0.25) is 5.91 Å². The summed E-state index contributed by atoms with van der Waals surface area (Å²) in [6, 6.07) is 2.99. The summed E-state index contributed by atoms with van der Waals surface area (Å²) < 4.78 is 0. The molecular formula is C34H47N3O3. The number of carbonyl (C=O) groups excluding carboxylic acids is 3. The summed E-state index contributed by atoms with van der Waals surface area (Å²) in [7, 11) is 0. The highest BCUT2D eigenvalue weighted by Gasteiger charge is 2.34. The zero-order valence-electron chi connectivity index (χ0n) is 24.2. The van der Waals surface area contributed by atoms with Crippen LogP contribution in [0.5, 0.6) is 0 Å². The molecular weight excluding hydrogens is 498 g/mol. The van der Waals surface area contributed by atoms with Gasteiger partial charge in [-0.25, -0.2) is 0 Å². The predicted molar refractivity (Wildman–Crippen MR) is 164 cm³/mol. The van der Waals surface area contributed by atoms with Gasteiger partial charge in [-0.15, -0.1) is 0 Å². The summed E-state index contributed by atoms with van der Waals surface area (Å²) in [5.74, 6) is -0.0649. The zero-order chi connectivity index (χ0) is 28.7. The summed E-state index contributed by atoms with van der Waals surface area (Å²) in [5, 5.41) is 2.91. The molecule has 2 heterocycles. The molecule has 1 aliphatic heterocycles. The van der Waals surface area contributed by atoms with E-state index in [2.05, 4.69) is 78.0 Å². The molecule has 0 bridgehead atoms. The molecule has 0 spiro atoms. The standard InChI is InChI=1S/C34H47N3O3/c1-2-3-4-5-6-7-8-9-10-11-12-13-14-15-16-17-18-23-31(38)24-20-27-36-33(39)32-25-21-28-37(32)34(40)30-22-19-26-35-29-30/h3-4,6-7,9-10,12-13,15-16,19,22,26,29,32H,2,5,8,11,14,17-18,20-21,23-25,27-28H2,1H3,(H,36,39)/b4-3-,7-6-,10-9-,13-12-,16-15-/t32-/m0/s1. The lowest BCUT2D eigenvalue weighted by atomic mass is 10.1. The van der Waals surface area contributed by atoms with E-state index in [-0.39, 0.29) is 17.6 Å². The van der Waals surface area contributed by atoms with Crippen molar-refractivity contribution in [3.05, 3.63) is 90.9 Å². The molecule has 40 heavy (non-hydrogen) atoms. The Kier molecular flexibility index (Phi) is 17.4. The lowest BCUT2D eigenvalue weighted by Gasteiger charge is -2.24. The maximum absolute atomic E-state index is 12.7. The molecule has 0 aromatic carbocycles. The number of likely N-dealkylation sites (tertiary alicyclic amines) is 1. The van der Waals surface area contributed by atoms with E-state index in [1.165, 1.54) is 6.20 Å². The van der Waals surface area contributed by atoms with E-state index in [9.17, 15) is 14.4 Å². The summed E-state index contributed by atoms with van der Waals surface area (Å²) >= 11 is 0. The molecule has 6 heteroatoms. The number of rotatable bonds is 19. The van der Waals surface area contributed by atoms with Crippen molar-refractivity contribution in [3.63, 3.8) is 0 Å². The first-order chi connectivity index (χ1) is 19.6. The van der Waals surface area contributed by atoms with Gasteiger partial charge in [-0.3, -0.25) is 19.4 Å². The lowest BCUT2D eigenvalue weighted by molar-refractivity contribution is -0.125. The maximum atomic E-state index is 12.7. The second-order valence-electron chi connectivity index (χ2n) is 9.93. The SMILES string of the molecule is CC/C=C\C/C=C\C/C=C\C/C=C\C/C=C\CCCC(=O)CCCNC(=O)[C@@H]1CCCN1C(=O)c1cccnc1. The number of allylic oxidation sites excluding steroid dienone is 10. The van der Waals surface area contributed by atoms with Crippen LogP contribution in [0.15, 0.2) is 85.3 Å². The van der Waals surface area contributed by atoms with Crippen LogP contribution in [0.3, 0.4) is 0 Å². The highest BCUT2D eigenvalue weighted by molar-refractivity contribution is 5.97. The molecule has 1 aromatic heterocycles. The Balaban J connectivity index is 1.48. The molecule has 0 radical (unpaired) electrons. The van der Waals surface area contributed by atoms with E-state index in [4.69, 9.17) is 0 Å². The topological polar surface area (TPSA) is 79.4 Å². The van der Waals surface area contributed by atoms with Crippen molar-refractivity contribution in [2.75, 3.05) is 13.1 Å². The maximum Gasteiger partial charge on any atom is 0.256 e. The average Bonchev–Trinajstić information content (AvgIpc) is 3.47.